The lowest BCUT2D eigenvalue weighted by Crippen LogP contribution is -2.54. The second-order valence-corrected chi connectivity index (χ2v) is 7.65. The molecule has 3 aromatic carbocycles. The zero-order chi connectivity index (χ0) is 24.2. The minimum Gasteiger partial charge on any atom is -0.488 e. The lowest BCUT2D eigenvalue weighted by atomic mass is 10.1. The van der Waals surface area contributed by atoms with Gasteiger partial charge in [-0.15, -0.1) is 0 Å². The molecule has 1 saturated heterocycles. The predicted octanol–water partition coefficient (Wildman–Crippen LogP) is 4.28. The van der Waals surface area contributed by atoms with E-state index in [4.69, 9.17) is 21.4 Å². The Balaban J connectivity index is 1.61. The van der Waals surface area contributed by atoms with Crippen molar-refractivity contribution in [1.82, 2.24) is 5.32 Å². The van der Waals surface area contributed by atoms with Crippen LogP contribution in [0.5, 0.6) is 5.75 Å². The number of carboxylic acid groups (broad SMARTS) is 1. The summed E-state index contributed by atoms with van der Waals surface area (Å²) in [6.07, 6.45) is 1.34. The maximum atomic E-state index is 13.1. The van der Waals surface area contributed by atoms with Gasteiger partial charge in [0.2, 0.25) is 0 Å². The molecule has 170 valence electrons. The largest absolute Gasteiger partial charge is 0.488 e. The summed E-state index contributed by atoms with van der Waals surface area (Å²) in [6, 6.07) is 18.4. The number of carboxylic acids is 1. The lowest BCUT2D eigenvalue weighted by molar-refractivity contribution is -0.122. The zero-order valence-corrected chi connectivity index (χ0v) is 18.3. The fraction of sp³-hybridized carbons (Fsp3) is 0.0400. The molecule has 0 aliphatic carbocycles. The number of urea groups is 1. The molecule has 1 aliphatic rings. The first-order valence-corrected chi connectivity index (χ1v) is 10.4. The van der Waals surface area contributed by atoms with Gasteiger partial charge in [0.1, 0.15) is 17.9 Å². The van der Waals surface area contributed by atoms with Crippen molar-refractivity contribution in [3.63, 3.8) is 0 Å². The summed E-state index contributed by atoms with van der Waals surface area (Å²) < 4.78 is 5.85. The van der Waals surface area contributed by atoms with Crippen molar-refractivity contribution in [3.8, 4) is 5.75 Å². The Kier molecular flexibility index (Phi) is 6.42. The van der Waals surface area contributed by atoms with Crippen LogP contribution < -0.4 is 15.0 Å². The molecular formula is C25H17ClN2O6. The Labute approximate surface area is 199 Å². The third kappa shape index (κ3) is 4.67. The highest BCUT2D eigenvalue weighted by molar-refractivity contribution is 6.42. The standard InChI is InChI=1S/C25H17ClN2O6/c26-19-6-2-3-7-20(19)28-23(30)18(22(29)27-25(28)33)13-17-5-1-4-8-21(17)34-14-15-9-11-16(12-10-15)24(31)32/h1-13H,14H2,(H,31,32)(H,27,29,33)/b18-13-. The van der Waals surface area contributed by atoms with E-state index < -0.39 is 23.8 Å². The van der Waals surface area contributed by atoms with Crippen LogP contribution in [0.15, 0.2) is 78.4 Å². The van der Waals surface area contributed by atoms with Crippen LogP contribution in [0.2, 0.25) is 5.02 Å². The summed E-state index contributed by atoms with van der Waals surface area (Å²) >= 11 is 6.15. The number of barbiturate groups is 1. The molecule has 1 heterocycles. The molecule has 0 unspecified atom stereocenters. The van der Waals surface area contributed by atoms with Crippen LogP contribution in [0, 0.1) is 0 Å². The number of rotatable bonds is 6. The fourth-order valence-electron chi connectivity index (χ4n) is 3.30. The van der Waals surface area contributed by atoms with Crippen molar-refractivity contribution in [2.24, 2.45) is 0 Å². The molecule has 4 rings (SSSR count). The summed E-state index contributed by atoms with van der Waals surface area (Å²) in [7, 11) is 0. The van der Waals surface area contributed by atoms with Crippen LogP contribution in [0.4, 0.5) is 10.5 Å². The van der Waals surface area contributed by atoms with E-state index in [-0.39, 0.29) is 28.5 Å². The van der Waals surface area contributed by atoms with Crippen molar-refractivity contribution in [3.05, 3.63) is 100 Å². The Hall–Kier alpha value is -4.43. The van der Waals surface area contributed by atoms with Crippen LogP contribution in [0.1, 0.15) is 21.5 Å². The minimum absolute atomic E-state index is 0.129. The SMILES string of the molecule is O=C1NC(=O)N(c2ccccc2Cl)C(=O)/C1=C\c1ccccc1OCc1ccc(C(=O)O)cc1. The van der Waals surface area contributed by atoms with E-state index in [2.05, 4.69) is 5.32 Å². The highest BCUT2D eigenvalue weighted by atomic mass is 35.5. The maximum absolute atomic E-state index is 13.1. The van der Waals surface area contributed by atoms with E-state index in [9.17, 15) is 19.2 Å². The summed E-state index contributed by atoms with van der Waals surface area (Å²) in [5.74, 6) is -2.29. The van der Waals surface area contributed by atoms with Crippen LogP contribution in [-0.4, -0.2) is 28.9 Å². The molecule has 0 bridgehead atoms. The molecule has 2 N–H and O–H groups in total. The highest BCUT2D eigenvalue weighted by Crippen LogP contribution is 2.30. The molecule has 1 fully saturated rings. The van der Waals surface area contributed by atoms with E-state index in [1.54, 1.807) is 48.5 Å². The van der Waals surface area contributed by atoms with E-state index in [0.29, 0.717) is 11.3 Å². The molecule has 0 atom stereocenters. The third-order valence-electron chi connectivity index (χ3n) is 5.01. The summed E-state index contributed by atoms with van der Waals surface area (Å²) in [5, 5.41) is 11.3. The Morgan fingerprint density at radius 2 is 1.65 bits per heavy atom. The summed E-state index contributed by atoms with van der Waals surface area (Å²) in [4.78, 5) is 49.8. The zero-order valence-electron chi connectivity index (χ0n) is 17.5. The van der Waals surface area contributed by atoms with Gasteiger partial charge in [0, 0.05) is 5.56 Å². The van der Waals surface area contributed by atoms with Gasteiger partial charge in [-0.25, -0.2) is 14.5 Å². The topological polar surface area (TPSA) is 113 Å². The van der Waals surface area contributed by atoms with Crippen LogP contribution in [0.25, 0.3) is 6.08 Å². The molecule has 1 aliphatic heterocycles. The maximum Gasteiger partial charge on any atom is 0.335 e. The van der Waals surface area contributed by atoms with Gasteiger partial charge in [-0.2, -0.15) is 0 Å². The van der Waals surface area contributed by atoms with E-state index in [1.807, 2.05) is 0 Å². The van der Waals surface area contributed by atoms with Crippen molar-refractivity contribution >= 4 is 47.2 Å². The number of ether oxygens (including phenoxy) is 1. The molecule has 0 radical (unpaired) electrons. The molecular weight excluding hydrogens is 460 g/mol. The smallest absolute Gasteiger partial charge is 0.335 e. The number of nitrogens with one attached hydrogen (secondary N) is 1. The van der Waals surface area contributed by atoms with Gasteiger partial charge >= 0.3 is 12.0 Å². The van der Waals surface area contributed by atoms with Gasteiger partial charge in [-0.05, 0) is 42.0 Å². The summed E-state index contributed by atoms with van der Waals surface area (Å²) in [5.41, 5.74) is 1.22. The van der Waals surface area contributed by atoms with Gasteiger partial charge in [-0.3, -0.25) is 14.9 Å². The van der Waals surface area contributed by atoms with E-state index >= 15 is 0 Å². The first kappa shape index (κ1) is 22.8. The van der Waals surface area contributed by atoms with Crippen molar-refractivity contribution in [2.45, 2.75) is 6.61 Å². The number of carbonyl (C=O) groups is 4. The average Bonchev–Trinajstić information content (AvgIpc) is 2.82. The Morgan fingerprint density at radius 1 is 0.971 bits per heavy atom. The second-order valence-electron chi connectivity index (χ2n) is 7.24. The van der Waals surface area contributed by atoms with Gasteiger partial charge in [0.25, 0.3) is 11.8 Å². The number of carbonyl (C=O) groups excluding carboxylic acids is 3. The van der Waals surface area contributed by atoms with Gasteiger partial charge in [0.15, 0.2) is 0 Å². The number of hydrogen-bond acceptors (Lipinski definition) is 5. The quantitative estimate of drug-likeness (QED) is 0.405. The van der Waals surface area contributed by atoms with E-state index in [0.717, 1.165) is 10.5 Å². The van der Waals surface area contributed by atoms with Crippen LogP contribution in [-0.2, 0) is 16.2 Å². The number of anilines is 1. The molecule has 0 saturated carbocycles. The Morgan fingerprint density at radius 3 is 2.35 bits per heavy atom. The number of nitrogens with zero attached hydrogens (tertiary/aromatic N) is 1. The lowest BCUT2D eigenvalue weighted by Gasteiger charge is -2.27. The fourth-order valence-corrected chi connectivity index (χ4v) is 3.52. The number of para-hydroxylation sites is 2. The first-order chi connectivity index (χ1) is 16.3. The molecule has 0 aromatic heterocycles. The third-order valence-corrected chi connectivity index (χ3v) is 5.33. The number of benzene rings is 3. The first-order valence-electron chi connectivity index (χ1n) is 10.0. The Bertz CT molecular complexity index is 1330. The van der Waals surface area contributed by atoms with Crippen molar-refractivity contribution in [1.29, 1.82) is 0 Å². The minimum atomic E-state index is -1.02. The van der Waals surface area contributed by atoms with Crippen LogP contribution >= 0.6 is 11.6 Å². The number of aromatic carboxylic acids is 1. The van der Waals surface area contributed by atoms with Gasteiger partial charge in [0.05, 0.1) is 16.3 Å². The highest BCUT2D eigenvalue weighted by Gasteiger charge is 2.37. The number of halogens is 1. The van der Waals surface area contributed by atoms with Crippen molar-refractivity contribution < 1.29 is 29.0 Å². The molecule has 0 spiro atoms. The van der Waals surface area contributed by atoms with Gasteiger partial charge in [-0.1, -0.05) is 54.1 Å². The number of hydrogen-bond donors (Lipinski definition) is 2. The average molecular weight is 477 g/mol. The number of imide groups is 2. The number of amides is 4. The summed E-state index contributed by atoms with van der Waals surface area (Å²) in [6.45, 7) is 0.129. The monoisotopic (exact) mass is 476 g/mol. The molecule has 3 aromatic rings. The molecule has 8 nitrogen and oxygen atoms in total. The molecule has 4 amide bonds. The van der Waals surface area contributed by atoms with E-state index in [1.165, 1.54) is 30.3 Å². The van der Waals surface area contributed by atoms with Gasteiger partial charge < -0.3 is 9.84 Å². The van der Waals surface area contributed by atoms with Crippen LogP contribution in [0.3, 0.4) is 0 Å². The predicted molar refractivity (Wildman–Crippen MR) is 125 cm³/mol. The van der Waals surface area contributed by atoms with Crippen molar-refractivity contribution in [2.75, 3.05) is 4.90 Å². The molecule has 9 heteroatoms. The normalized spacial score (nSPS) is 14.8. The second kappa shape index (κ2) is 9.60. The molecule has 34 heavy (non-hydrogen) atoms.